The monoisotopic (exact) mass is 236 g/mol. The second-order valence-corrected chi connectivity index (χ2v) is 3.39. The van der Waals surface area contributed by atoms with Crippen molar-refractivity contribution < 1.29 is 0 Å². The molecule has 0 amide bonds. The van der Waals surface area contributed by atoms with Crippen molar-refractivity contribution in [2.45, 2.75) is 6.54 Å². The number of nitrogens with two attached hydrogens (primary N) is 1. The van der Waals surface area contributed by atoms with Crippen LogP contribution in [0.25, 0.3) is 0 Å². The molecule has 0 spiro atoms. The van der Waals surface area contributed by atoms with Crippen molar-refractivity contribution in [3.05, 3.63) is 35.2 Å². The molecule has 7 heteroatoms. The second kappa shape index (κ2) is 4.71. The fourth-order valence-corrected chi connectivity index (χ4v) is 1.32. The second-order valence-electron chi connectivity index (χ2n) is 3.00. The summed E-state index contributed by atoms with van der Waals surface area (Å²) < 4.78 is 0. The Bertz CT molecular complexity index is 454. The Balaban J connectivity index is 2.05. The lowest BCUT2D eigenvalue weighted by Gasteiger charge is -2.05. The van der Waals surface area contributed by atoms with Crippen LogP contribution in [0.2, 0.25) is 5.15 Å². The van der Waals surface area contributed by atoms with E-state index in [-0.39, 0.29) is 5.95 Å². The number of hydrogen-bond acceptors (Lipinski definition) is 6. The van der Waals surface area contributed by atoms with Crippen molar-refractivity contribution >= 4 is 23.4 Å². The Morgan fingerprint density at radius 1 is 1.38 bits per heavy atom. The van der Waals surface area contributed by atoms with Gasteiger partial charge in [0, 0.05) is 12.3 Å². The summed E-state index contributed by atoms with van der Waals surface area (Å²) in [4.78, 5) is 7.73. The number of nitrogens with zero attached hydrogens (tertiary/aromatic N) is 4. The molecular formula is C9H9ClN6. The first kappa shape index (κ1) is 10.6. The average molecular weight is 237 g/mol. The number of anilines is 2. The molecule has 3 N–H and O–H groups in total. The van der Waals surface area contributed by atoms with Crippen molar-refractivity contribution in [2.75, 3.05) is 11.1 Å². The summed E-state index contributed by atoms with van der Waals surface area (Å²) in [5, 5.41) is 11.0. The van der Waals surface area contributed by atoms with E-state index in [0.717, 1.165) is 5.69 Å². The maximum Gasteiger partial charge on any atom is 0.223 e. The number of hydrogen-bond donors (Lipinski definition) is 2. The standard InChI is InChI=1S/C9H9ClN6/c10-7-4-8(15-9(11)14-7)12-5-6-2-1-3-13-16-6/h1-4H,5H2,(H3,11,12,14,15). The largest absolute Gasteiger partial charge is 0.368 e. The first-order valence-corrected chi connectivity index (χ1v) is 4.92. The zero-order valence-electron chi connectivity index (χ0n) is 8.26. The van der Waals surface area contributed by atoms with Gasteiger partial charge in [0.1, 0.15) is 11.0 Å². The molecule has 0 aromatic carbocycles. The van der Waals surface area contributed by atoms with E-state index in [2.05, 4.69) is 25.5 Å². The zero-order chi connectivity index (χ0) is 11.4. The molecule has 2 heterocycles. The van der Waals surface area contributed by atoms with Gasteiger partial charge in [0.2, 0.25) is 5.95 Å². The van der Waals surface area contributed by atoms with Crippen LogP contribution in [-0.4, -0.2) is 20.2 Å². The molecular weight excluding hydrogens is 228 g/mol. The van der Waals surface area contributed by atoms with Gasteiger partial charge >= 0.3 is 0 Å². The number of halogens is 1. The summed E-state index contributed by atoms with van der Waals surface area (Å²) in [7, 11) is 0. The summed E-state index contributed by atoms with van der Waals surface area (Å²) >= 11 is 5.73. The molecule has 16 heavy (non-hydrogen) atoms. The van der Waals surface area contributed by atoms with Crippen LogP contribution < -0.4 is 11.1 Å². The third-order valence-electron chi connectivity index (χ3n) is 1.79. The normalized spacial score (nSPS) is 10.1. The van der Waals surface area contributed by atoms with Crippen LogP contribution in [0, 0.1) is 0 Å². The topological polar surface area (TPSA) is 89.6 Å². The van der Waals surface area contributed by atoms with E-state index in [1.807, 2.05) is 12.1 Å². The van der Waals surface area contributed by atoms with Crippen LogP contribution in [0.1, 0.15) is 5.69 Å². The molecule has 0 atom stereocenters. The minimum atomic E-state index is 0.133. The summed E-state index contributed by atoms with van der Waals surface area (Å²) in [6.45, 7) is 0.501. The van der Waals surface area contributed by atoms with Gasteiger partial charge in [-0.1, -0.05) is 11.6 Å². The maximum atomic E-state index is 5.73. The van der Waals surface area contributed by atoms with Gasteiger partial charge < -0.3 is 11.1 Å². The third-order valence-corrected chi connectivity index (χ3v) is 1.98. The van der Waals surface area contributed by atoms with Gasteiger partial charge in [-0.3, -0.25) is 0 Å². The molecule has 0 aliphatic rings. The fourth-order valence-electron chi connectivity index (χ4n) is 1.13. The van der Waals surface area contributed by atoms with E-state index in [9.17, 15) is 0 Å². The van der Waals surface area contributed by atoms with Crippen molar-refractivity contribution in [1.29, 1.82) is 0 Å². The van der Waals surface area contributed by atoms with E-state index in [1.165, 1.54) is 0 Å². The first-order valence-electron chi connectivity index (χ1n) is 4.54. The smallest absolute Gasteiger partial charge is 0.223 e. The van der Waals surface area contributed by atoms with Crippen molar-refractivity contribution in [3.63, 3.8) is 0 Å². The van der Waals surface area contributed by atoms with Gasteiger partial charge in [-0.2, -0.15) is 15.2 Å². The molecule has 6 nitrogen and oxygen atoms in total. The SMILES string of the molecule is Nc1nc(Cl)cc(NCc2cccnn2)n1. The van der Waals surface area contributed by atoms with Gasteiger partial charge in [-0.15, -0.1) is 0 Å². The lowest BCUT2D eigenvalue weighted by Crippen LogP contribution is -2.05. The Labute approximate surface area is 96.9 Å². The van der Waals surface area contributed by atoms with Crippen LogP contribution in [0.3, 0.4) is 0 Å². The average Bonchev–Trinajstić information content (AvgIpc) is 2.27. The van der Waals surface area contributed by atoms with Crippen molar-refractivity contribution in [2.24, 2.45) is 0 Å². The highest BCUT2D eigenvalue weighted by Gasteiger charge is 2.00. The van der Waals surface area contributed by atoms with Gasteiger partial charge in [-0.05, 0) is 12.1 Å². The highest BCUT2D eigenvalue weighted by atomic mass is 35.5. The number of aromatic nitrogens is 4. The minimum Gasteiger partial charge on any atom is -0.368 e. The van der Waals surface area contributed by atoms with Crippen LogP contribution in [0.4, 0.5) is 11.8 Å². The van der Waals surface area contributed by atoms with Crippen LogP contribution in [0.15, 0.2) is 24.4 Å². The molecule has 2 aromatic rings. The molecule has 0 radical (unpaired) electrons. The molecule has 0 unspecified atom stereocenters. The first-order chi connectivity index (χ1) is 7.74. The molecule has 0 saturated carbocycles. The van der Waals surface area contributed by atoms with Crippen LogP contribution in [-0.2, 0) is 6.54 Å². The van der Waals surface area contributed by atoms with E-state index in [0.29, 0.717) is 17.5 Å². The zero-order valence-corrected chi connectivity index (χ0v) is 9.02. The third kappa shape index (κ3) is 2.77. The van der Waals surface area contributed by atoms with Gasteiger partial charge in [-0.25, -0.2) is 4.98 Å². The quantitative estimate of drug-likeness (QED) is 0.776. The molecule has 0 saturated heterocycles. The summed E-state index contributed by atoms with van der Waals surface area (Å²) in [5.41, 5.74) is 6.26. The van der Waals surface area contributed by atoms with E-state index in [4.69, 9.17) is 17.3 Å². The summed E-state index contributed by atoms with van der Waals surface area (Å²) in [5.74, 6) is 0.692. The molecule has 0 fully saturated rings. The molecule has 2 aromatic heterocycles. The Morgan fingerprint density at radius 3 is 2.94 bits per heavy atom. The predicted octanol–water partition coefficient (Wildman–Crippen LogP) is 1.11. The molecule has 82 valence electrons. The predicted molar refractivity (Wildman–Crippen MR) is 60.8 cm³/mol. The highest BCUT2D eigenvalue weighted by molar-refractivity contribution is 6.29. The van der Waals surface area contributed by atoms with E-state index in [1.54, 1.807) is 12.3 Å². The minimum absolute atomic E-state index is 0.133. The molecule has 2 rings (SSSR count). The highest BCUT2D eigenvalue weighted by Crippen LogP contribution is 2.12. The lowest BCUT2D eigenvalue weighted by atomic mass is 10.4. The summed E-state index contributed by atoms with van der Waals surface area (Å²) in [6.07, 6.45) is 1.61. The summed E-state index contributed by atoms with van der Waals surface area (Å²) in [6, 6.07) is 5.26. The Hall–Kier alpha value is -1.95. The Morgan fingerprint density at radius 2 is 2.25 bits per heavy atom. The van der Waals surface area contributed by atoms with E-state index < -0.39 is 0 Å². The maximum absolute atomic E-state index is 5.73. The van der Waals surface area contributed by atoms with Crippen molar-refractivity contribution in [1.82, 2.24) is 20.2 Å². The molecule has 0 aliphatic heterocycles. The Kier molecular flexibility index (Phi) is 3.11. The fraction of sp³-hybridized carbons (Fsp3) is 0.111. The van der Waals surface area contributed by atoms with Gasteiger partial charge in [0.25, 0.3) is 0 Å². The lowest BCUT2D eigenvalue weighted by molar-refractivity contribution is 0.920. The number of nitrogens with one attached hydrogen (secondary N) is 1. The molecule has 0 aliphatic carbocycles. The van der Waals surface area contributed by atoms with E-state index >= 15 is 0 Å². The van der Waals surface area contributed by atoms with Crippen LogP contribution >= 0.6 is 11.6 Å². The number of nitrogen functional groups attached to an aromatic ring is 1. The van der Waals surface area contributed by atoms with Crippen LogP contribution in [0.5, 0.6) is 0 Å². The number of rotatable bonds is 3. The molecule has 0 bridgehead atoms. The van der Waals surface area contributed by atoms with Gasteiger partial charge in [0.05, 0.1) is 12.2 Å². The van der Waals surface area contributed by atoms with Gasteiger partial charge in [0.15, 0.2) is 0 Å². The van der Waals surface area contributed by atoms with Crippen molar-refractivity contribution in [3.8, 4) is 0 Å².